The van der Waals surface area contributed by atoms with Crippen LogP contribution in [0.15, 0.2) is 60.7 Å². The van der Waals surface area contributed by atoms with Crippen LogP contribution in [-0.2, 0) is 11.2 Å². The Hall–Kier alpha value is -2.81. The van der Waals surface area contributed by atoms with Crippen molar-refractivity contribution in [3.05, 3.63) is 71.8 Å². The normalized spacial score (nSPS) is 17.2. The molecule has 4 rings (SSSR count). The van der Waals surface area contributed by atoms with Gasteiger partial charge in [-0.15, -0.1) is 0 Å². The van der Waals surface area contributed by atoms with Gasteiger partial charge in [-0.3, -0.25) is 4.79 Å². The molecule has 110 valence electrons. The second-order valence-electron chi connectivity index (χ2n) is 5.16. The Morgan fingerprint density at radius 1 is 0.909 bits per heavy atom. The number of aryl methyl sites for hydroxylation is 1. The minimum atomic E-state index is 0.0938. The zero-order valence-electron chi connectivity index (χ0n) is 12.0. The van der Waals surface area contributed by atoms with Crippen LogP contribution in [0.25, 0.3) is 6.08 Å². The molecule has 0 unspecified atom stereocenters. The van der Waals surface area contributed by atoms with Gasteiger partial charge in [-0.2, -0.15) is 0 Å². The molecule has 0 atom stereocenters. The van der Waals surface area contributed by atoms with Crippen LogP contribution >= 0.6 is 0 Å². The van der Waals surface area contributed by atoms with E-state index >= 15 is 0 Å². The fourth-order valence-corrected chi connectivity index (χ4v) is 2.25. The largest absolute Gasteiger partial charge is 0.504 e. The third-order valence-corrected chi connectivity index (χ3v) is 3.48. The fourth-order valence-electron chi connectivity index (χ4n) is 2.25. The summed E-state index contributed by atoms with van der Waals surface area (Å²) >= 11 is 0. The van der Waals surface area contributed by atoms with Crippen LogP contribution in [-0.4, -0.2) is 10.9 Å². The number of phenolic OH excluding ortho intramolecular Hbond substituents is 1. The number of hydrogen-bond acceptors (Lipinski definition) is 3. The van der Waals surface area contributed by atoms with Crippen LogP contribution in [0.4, 0.5) is 0 Å². The summed E-state index contributed by atoms with van der Waals surface area (Å²) in [6.45, 7) is 0. The van der Waals surface area contributed by atoms with Crippen molar-refractivity contribution in [3.8, 4) is 17.2 Å². The van der Waals surface area contributed by atoms with Crippen molar-refractivity contribution < 1.29 is 14.6 Å². The molecule has 1 N–H and O–H groups in total. The van der Waals surface area contributed by atoms with Gasteiger partial charge in [0.1, 0.15) is 5.75 Å². The molecule has 0 saturated carbocycles. The van der Waals surface area contributed by atoms with Crippen molar-refractivity contribution in [2.24, 2.45) is 0 Å². The van der Waals surface area contributed by atoms with Crippen LogP contribution in [0.5, 0.6) is 17.2 Å². The number of hydrogen-bond donors (Lipinski definition) is 1. The number of phenols is 1. The van der Waals surface area contributed by atoms with Crippen molar-refractivity contribution in [1.29, 1.82) is 0 Å². The highest BCUT2D eigenvalue weighted by atomic mass is 16.5. The number of fused-ring (bicyclic) bond motifs is 6. The lowest BCUT2D eigenvalue weighted by Crippen LogP contribution is -1.95. The molecule has 2 aromatic carbocycles. The van der Waals surface area contributed by atoms with E-state index < -0.39 is 0 Å². The highest BCUT2D eigenvalue weighted by Crippen LogP contribution is 2.32. The van der Waals surface area contributed by atoms with Crippen molar-refractivity contribution in [2.45, 2.75) is 12.8 Å². The van der Waals surface area contributed by atoms with Crippen LogP contribution in [0, 0.1) is 0 Å². The number of benzene rings is 2. The summed E-state index contributed by atoms with van der Waals surface area (Å²) in [5, 5.41) is 9.91. The Bertz CT molecular complexity index is 740. The molecule has 0 aliphatic carbocycles. The van der Waals surface area contributed by atoms with Gasteiger partial charge >= 0.3 is 0 Å². The SMILES string of the molecule is O=C1/C=C/C=C\c2ccc(O)c(c2)Oc2ccc(cc2)CC1. The summed E-state index contributed by atoms with van der Waals surface area (Å²) in [6.07, 6.45) is 8.17. The molecule has 0 radical (unpaired) electrons. The van der Waals surface area contributed by atoms with Gasteiger partial charge in [0.15, 0.2) is 17.3 Å². The van der Waals surface area contributed by atoms with Gasteiger partial charge in [-0.1, -0.05) is 36.4 Å². The standard InChI is InChI=1S/C19H16O3/c20-16-4-2-1-3-15-8-12-18(21)19(13-15)22-17-10-6-14(5-9-16)7-11-17/h1-4,6-8,10-13,21H,5,9H2/b3-1-,4-2+. The lowest BCUT2D eigenvalue weighted by molar-refractivity contribution is -0.114. The number of rotatable bonds is 0. The van der Waals surface area contributed by atoms with E-state index in [1.807, 2.05) is 30.3 Å². The van der Waals surface area contributed by atoms with Gasteiger partial charge in [0.2, 0.25) is 0 Å². The smallest absolute Gasteiger partial charge is 0.169 e. The first kappa shape index (κ1) is 14.1. The summed E-state index contributed by atoms with van der Waals surface area (Å²) in [4.78, 5) is 11.8. The molecule has 22 heavy (non-hydrogen) atoms. The van der Waals surface area contributed by atoms with Gasteiger partial charge in [-0.05, 0) is 47.9 Å². The first-order valence-corrected chi connectivity index (χ1v) is 7.18. The Morgan fingerprint density at radius 3 is 2.50 bits per heavy atom. The highest BCUT2D eigenvalue weighted by Gasteiger charge is 2.06. The van der Waals surface area contributed by atoms with Gasteiger partial charge in [0.25, 0.3) is 0 Å². The van der Waals surface area contributed by atoms with Crippen molar-refractivity contribution in [2.75, 3.05) is 0 Å². The van der Waals surface area contributed by atoms with Crippen LogP contribution in [0.1, 0.15) is 17.5 Å². The molecule has 0 amide bonds. The quantitative estimate of drug-likeness (QED) is 0.788. The van der Waals surface area contributed by atoms with Crippen molar-refractivity contribution in [3.63, 3.8) is 0 Å². The van der Waals surface area contributed by atoms with Crippen molar-refractivity contribution in [1.82, 2.24) is 0 Å². The predicted octanol–water partition coefficient (Wildman–Crippen LogP) is 4.27. The number of carbonyl (C=O) groups excluding carboxylic acids is 1. The first-order chi connectivity index (χ1) is 10.7. The average Bonchev–Trinajstić information content (AvgIpc) is 2.54. The van der Waals surface area contributed by atoms with E-state index in [9.17, 15) is 9.90 Å². The number of ketones is 1. The summed E-state index contributed by atoms with van der Waals surface area (Å²) in [5.74, 6) is 1.26. The van der Waals surface area contributed by atoms with Crippen LogP contribution < -0.4 is 4.74 Å². The minimum absolute atomic E-state index is 0.0938. The topological polar surface area (TPSA) is 46.5 Å². The molecule has 2 aromatic rings. The lowest BCUT2D eigenvalue weighted by atomic mass is 10.1. The molecule has 3 nitrogen and oxygen atoms in total. The molecule has 0 aromatic heterocycles. The molecule has 2 aliphatic rings. The van der Waals surface area contributed by atoms with E-state index in [0.29, 0.717) is 24.3 Å². The van der Waals surface area contributed by atoms with E-state index in [4.69, 9.17) is 4.74 Å². The molecule has 4 bridgehead atoms. The van der Waals surface area contributed by atoms with Gasteiger partial charge in [0, 0.05) is 6.42 Å². The zero-order valence-corrected chi connectivity index (χ0v) is 12.0. The third-order valence-electron chi connectivity index (χ3n) is 3.48. The molecule has 0 spiro atoms. The molecular formula is C19H16O3. The molecular weight excluding hydrogens is 276 g/mol. The fraction of sp³-hybridized carbons (Fsp3) is 0.105. The summed E-state index contributed by atoms with van der Waals surface area (Å²) in [7, 11) is 0. The van der Waals surface area contributed by atoms with Crippen LogP contribution in [0.2, 0.25) is 0 Å². The van der Waals surface area contributed by atoms with Gasteiger partial charge in [0.05, 0.1) is 0 Å². The maximum atomic E-state index is 11.8. The molecule has 3 heteroatoms. The summed E-state index contributed by atoms with van der Waals surface area (Å²) in [5.41, 5.74) is 1.97. The van der Waals surface area contributed by atoms with Crippen molar-refractivity contribution >= 4 is 11.9 Å². The van der Waals surface area contributed by atoms with E-state index in [1.165, 1.54) is 0 Å². The number of aromatic hydroxyl groups is 1. The monoisotopic (exact) mass is 292 g/mol. The number of ether oxygens (including phenoxy) is 1. The first-order valence-electron chi connectivity index (χ1n) is 7.18. The van der Waals surface area contributed by atoms with E-state index in [2.05, 4.69) is 0 Å². The Labute approximate surface area is 129 Å². The second-order valence-corrected chi connectivity index (χ2v) is 5.16. The Balaban J connectivity index is 2.00. The van der Waals surface area contributed by atoms with E-state index in [0.717, 1.165) is 11.1 Å². The average molecular weight is 292 g/mol. The zero-order chi connectivity index (χ0) is 15.4. The van der Waals surface area contributed by atoms with E-state index in [-0.39, 0.29) is 11.5 Å². The van der Waals surface area contributed by atoms with Crippen LogP contribution in [0.3, 0.4) is 0 Å². The molecule has 2 aliphatic heterocycles. The maximum Gasteiger partial charge on any atom is 0.169 e. The number of allylic oxidation sites excluding steroid dienone is 3. The number of carbonyl (C=O) groups is 1. The van der Waals surface area contributed by atoms with Gasteiger partial charge in [-0.25, -0.2) is 0 Å². The maximum absolute atomic E-state index is 11.8. The summed E-state index contributed by atoms with van der Waals surface area (Å²) < 4.78 is 5.73. The Kier molecular flexibility index (Phi) is 4.05. The molecule has 0 fully saturated rings. The second kappa shape index (κ2) is 6.31. The minimum Gasteiger partial charge on any atom is -0.504 e. The summed E-state index contributed by atoms with van der Waals surface area (Å²) in [6, 6.07) is 12.7. The Morgan fingerprint density at radius 2 is 1.68 bits per heavy atom. The van der Waals surface area contributed by atoms with E-state index in [1.54, 1.807) is 36.4 Å². The predicted molar refractivity (Wildman–Crippen MR) is 86.1 cm³/mol. The molecule has 2 heterocycles. The highest BCUT2D eigenvalue weighted by molar-refractivity contribution is 5.90. The van der Waals surface area contributed by atoms with Gasteiger partial charge < -0.3 is 9.84 Å². The lowest BCUT2D eigenvalue weighted by Gasteiger charge is -2.09. The molecule has 0 saturated heterocycles. The third kappa shape index (κ3) is 3.44.